The lowest BCUT2D eigenvalue weighted by Crippen LogP contribution is -1.88. The number of non-ortho nitro benzene ring substituents is 1. The Kier molecular flexibility index (Phi) is 47.0. The molecule has 2 rings (SSSR count). The zero-order valence-corrected chi connectivity index (χ0v) is 40.7. The molecule has 4 nitrogen and oxygen atoms in total. The molecule has 80 heavy (non-hydrogen) atoms. The Morgan fingerprint density at radius 1 is 0.362 bits per heavy atom. The van der Waals surface area contributed by atoms with Crippen LogP contribution in [0.1, 0.15) is 25.5 Å². The van der Waals surface area contributed by atoms with Gasteiger partial charge in [0.25, 0.3) is 5.69 Å². The second-order valence-corrected chi connectivity index (χ2v) is 11.2. The molecule has 0 fully saturated rings. The summed E-state index contributed by atoms with van der Waals surface area (Å²) in [5.74, 6) is 142. The van der Waals surface area contributed by atoms with Crippen molar-refractivity contribution in [3.05, 3.63) is 69.8 Å². The lowest BCUT2D eigenvalue weighted by Gasteiger charge is -1.93. The number of nitrogens with two attached hydrogens (primary N) is 1. The molecule has 0 unspecified atom stereocenters. The first kappa shape index (κ1) is 66.8. The summed E-state index contributed by atoms with van der Waals surface area (Å²) in [5.41, 5.74) is 6.88. The standard InChI is InChI=1S/C59H4.C7H6FNO2.C7H8FN.CH4/c1-3-5-7-9-11-13-15-17-19-21-23-25-27-29-31-33-35-37-39-41-43-45-47-49-51-53-55-57-59-58-56-54-52-50-48-46-44-42-40-38-36-34-32-30-28-26-24-22-20-18-16-14-12-10-8-6-4-2;8-5-6-2-1-3-7(4-6)9(10)11;8-5-6-2-1-3-7(9)4-6;/h1H,2H3;1-4H,5H2;1-4H,5,9H2;1H4. The number of halogens is 2. The minimum absolute atomic E-state index is 0. The molecule has 0 amide bonds. The second-order valence-electron chi connectivity index (χ2n) is 11.2. The molecule has 0 aliphatic carbocycles. The zero-order chi connectivity index (χ0) is 57.3. The van der Waals surface area contributed by atoms with E-state index in [1.165, 1.54) is 24.3 Å². The molecule has 0 saturated carbocycles. The van der Waals surface area contributed by atoms with Gasteiger partial charge in [-0.1, -0.05) is 37.6 Å². The van der Waals surface area contributed by atoms with Crippen molar-refractivity contribution in [3.63, 3.8) is 0 Å². The molecule has 2 aromatic rings. The van der Waals surface area contributed by atoms with Gasteiger partial charge < -0.3 is 5.73 Å². The molecule has 2 N–H and O–H groups in total. The fourth-order valence-electron chi connectivity index (χ4n) is 3.18. The van der Waals surface area contributed by atoms with Gasteiger partial charge >= 0.3 is 0 Å². The van der Waals surface area contributed by atoms with Gasteiger partial charge in [0, 0.05) is 255 Å². The van der Waals surface area contributed by atoms with Crippen LogP contribution in [0.5, 0.6) is 0 Å². The van der Waals surface area contributed by atoms with Crippen LogP contribution in [-0.2, 0) is 13.3 Å². The highest BCUT2D eigenvalue weighted by atomic mass is 19.1. The Morgan fingerprint density at radius 3 is 0.738 bits per heavy atom. The van der Waals surface area contributed by atoms with Gasteiger partial charge in [0.15, 0.2) is 0 Å². The van der Waals surface area contributed by atoms with Gasteiger partial charge in [0.1, 0.15) is 13.3 Å². The minimum Gasteiger partial charge on any atom is -0.399 e. The molecule has 0 aliphatic rings. The maximum atomic E-state index is 11.9. The van der Waals surface area contributed by atoms with Crippen LogP contribution in [0, 0.1) is 354 Å². The molecule has 6 heteroatoms. The molecule has 354 valence electrons. The van der Waals surface area contributed by atoms with Gasteiger partial charge in [-0.3, -0.25) is 10.1 Å². The van der Waals surface area contributed by atoms with Crippen molar-refractivity contribution in [2.75, 3.05) is 5.73 Å². The molecule has 0 saturated heterocycles. The maximum Gasteiger partial charge on any atom is 0.269 e. The SMILES string of the molecule is C.C#CC#CC#CC#CC#CC#CC#CC#CC#CC#CC#CC#CC#CC#CC#CC#CC#CC#CC#CC#CC#CC#CC#CC#CC#CC#CC#CC#CC#CC.Nc1cccc(CF)c1.O=[N+]([O-])c1cccc(CF)c1. The van der Waals surface area contributed by atoms with Crippen LogP contribution in [0.2, 0.25) is 0 Å². The van der Waals surface area contributed by atoms with E-state index in [-0.39, 0.29) is 13.1 Å². The van der Waals surface area contributed by atoms with E-state index in [1.54, 1.807) is 31.2 Å². The Hall–Kier alpha value is -15.3. The van der Waals surface area contributed by atoms with Gasteiger partial charge in [-0.25, -0.2) is 8.78 Å². The minimum atomic E-state index is -0.665. The van der Waals surface area contributed by atoms with Crippen LogP contribution in [0.3, 0.4) is 0 Å². The summed E-state index contributed by atoms with van der Waals surface area (Å²) in [6.45, 7) is 0.581. The summed E-state index contributed by atoms with van der Waals surface area (Å²) in [7, 11) is 0. The van der Waals surface area contributed by atoms with Crippen LogP contribution in [0.15, 0.2) is 48.5 Å². The van der Waals surface area contributed by atoms with Crippen LogP contribution >= 0.6 is 0 Å². The molecule has 0 heterocycles. The Bertz CT molecular complexity index is 4720. The summed E-state index contributed by atoms with van der Waals surface area (Å²) >= 11 is 0. The van der Waals surface area contributed by atoms with Crippen LogP contribution in [0.4, 0.5) is 20.2 Å². The average Bonchev–Trinajstić information content (AvgIpc) is 3.46. The predicted molar refractivity (Wildman–Crippen MR) is 313 cm³/mol. The summed E-state index contributed by atoms with van der Waals surface area (Å²) in [6, 6.07) is 12.3. The number of nitrogens with zero attached hydrogens (tertiary/aromatic N) is 1. The number of alkyl halides is 2. The molecule has 0 spiro atoms. The predicted octanol–water partition coefficient (Wildman–Crippen LogP) is 5.17. The number of benzene rings is 2. The van der Waals surface area contributed by atoms with Crippen molar-refractivity contribution in [1.29, 1.82) is 0 Å². The maximum absolute atomic E-state index is 11.9. The Morgan fingerprint density at radius 2 is 0.562 bits per heavy atom. The largest absolute Gasteiger partial charge is 0.399 e. The smallest absolute Gasteiger partial charge is 0.269 e. The number of nitro groups is 1. The van der Waals surface area contributed by atoms with Gasteiger partial charge in [0.05, 0.1) is 4.92 Å². The molecule has 0 atom stereocenters. The Labute approximate surface area is 469 Å². The second kappa shape index (κ2) is 56.3. The highest BCUT2D eigenvalue weighted by Gasteiger charge is 2.04. The van der Waals surface area contributed by atoms with E-state index < -0.39 is 18.3 Å². The lowest BCUT2D eigenvalue weighted by atomic mass is 10.2. The van der Waals surface area contributed by atoms with Gasteiger partial charge in [-0.05, 0) is 125 Å². The van der Waals surface area contributed by atoms with Crippen LogP contribution in [-0.4, -0.2) is 4.92 Å². The summed E-state index contributed by atoms with van der Waals surface area (Å²) < 4.78 is 23.8. The van der Waals surface area contributed by atoms with E-state index in [4.69, 9.17) is 12.2 Å². The number of hydrogen-bond donors (Lipinski definition) is 1. The van der Waals surface area contributed by atoms with Crippen molar-refractivity contribution < 1.29 is 13.7 Å². The first-order chi connectivity index (χ1) is 39.0. The van der Waals surface area contributed by atoms with Crippen molar-refractivity contribution in [2.45, 2.75) is 27.7 Å². The zero-order valence-electron chi connectivity index (χ0n) is 40.7. The highest BCUT2D eigenvalue weighted by molar-refractivity contribution is 5.52. The van der Waals surface area contributed by atoms with Crippen LogP contribution < -0.4 is 5.73 Å². The fourth-order valence-corrected chi connectivity index (χ4v) is 3.18. The summed E-state index contributed by atoms with van der Waals surface area (Å²) in [6.07, 6.45) is 4.94. The third kappa shape index (κ3) is 50.6. The number of rotatable bonds is 3. The Balaban J connectivity index is 0. The molecule has 0 bridgehead atoms. The number of nitro benzene ring substituents is 1. The summed E-state index contributed by atoms with van der Waals surface area (Å²) in [5, 5.41) is 10.2. The van der Waals surface area contributed by atoms with E-state index in [2.05, 4.69) is 337 Å². The fraction of sp³-hybridized carbons (Fsp3) is 0.0541. The molecule has 0 radical (unpaired) electrons. The number of nitrogen functional groups attached to an aromatic ring is 1. The van der Waals surface area contributed by atoms with Crippen molar-refractivity contribution >= 4 is 11.4 Å². The molecule has 0 aromatic heterocycles. The van der Waals surface area contributed by atoms with Crippen molar-refractivity contribution in [3.8, 4) is 344 Å². The molecular weight excluding hydrogens is 987 g/mol. The first-order valence-corrected chi connectivity index (χ1v) is 20.6. The summed E-state index contributed by atoms with van der Waals surface area (Å²) in [4.78, 5) is 9.61. The molecule has 2 aromatic carbocycles. The monoisotopic (exact) mass is 1010 g/mol. The lowest BCUT2D eigenvalue weighted by molar-refractivity contribution is -0.384. The van der Waals surface area contributed by atoms with Crippen molar-refractivity contribution in [1.82, 2.24) is 0 Å². The third-order valence-electron chi connectivity index (χ3n) is 5.95. The average molecular weight is 1010 g/mol. The van der Waals surface area contributed by atoms with E-state index in [9.17, 15) is 18.9 Å². The van der Waals surface area contributed by atoms with Gasteiger partial charge in [-0.2, -0.15) is 0 Å². The van der Waals surface area contributed by atoms with Gasteiger partial charge in [0.2, 0.25) is 0 Å². The van der Waals surface area contributed by atoms with Crippen molar-refractivity contribution in [2.24, 2.45) is 0 Å². The van der Waals surface area contributed by atoms with E-state index in [0.717, 1.165) is 0 Å². The normalized spacial score (nSPS) is 5.28. The van der Waals surface area contributed by atoms with Gasteiger partial charge in [-0.15, -0.1) is 6.42 Å². The topological polar surface area (TPSA) is 69.2 Å². The number of terminal acetylenes is 1. The number of anilines is 1. The van der Waals surface area contributed by atoms with E-state index in [0.29, 0.717) is 16.8 Å². The quantitative estimate of drug-likeness (QED) is 0.200. The molecular formula is C74H22F2N2O2. The molecule has 0 aliphatic heterocycles. The number of hydrogen-bond acceptors (Lipinski definition) is 3. The van der Waals surface area contributed by atoms with E-state index in [1.807, 2.05) is 0 Å². The highest BCUT2D eigenvalue weighted by Crippen LogP contribution is 2.13. The van der Waals surface area contributed by atoms with E-state index >= 15 is 0 Å². The first-order valence-electron chi connectivity index (χ1n) is 20.6. The third-order valence-corrected chi connectivity index (χ3v) is 5.95. The van der Waals surface area contributed by atoms with Crippen LogP contribution in [0.25, 0.3) is 0 Å².